The molecule has 4 heteroatoms. The van der Waals surface area contributed by atoms with Crippen molar-refractivity contribution in [1.82, 2.24) is 0 Å². The predicted octanol–water partition coefficient (Wildman–Crippen LogP) is 13.5. The van der Waals surface area contributed by atoms with Crippen LogP contribution in [0.2, 0.25) is 0 Å². The van der Waals surface area contributed by atoms with E-state index in [-0.39, 0.29) is 0 Å². The third kappa shape index (κ3) is 5.85. The molecule has 0 aliphatic rings. The highest BCUT2D eigenvalue weighted by Crippen LogP contribution is 2.41. The van der Waals surface area contributed by atoms with Crippen molar-refractivity contribution in [2.45, 2.75) is 6.54 Å². The SMILES string of the molecule is C=NC(=NC(=NCc1ccccc1)c1ccc(-c2ccccc2)cc1)c1cccc2oc3c(-c4ccc5c6ccccc6c6ccccc6c5c4)cccc3c12. The molecule has 56 heavy (non-hydrogen) atoms. The summed E-state index contributed by atoms with van der Waals surface area (Å²) >= 11 is 0. The number of para-hydroxylation sites is 1. The zero-order valence-electron chi connectivity index (χ0n) is 30.6. The van der Waals surface area contributed by atoms with Crippen LogP contribution in [-0.2, 0) is 6.54 Å². The van der Waals surface area contributed by atoms with Crippen LogP contribution in [0.15, 0.2) is 207 Å². The molecule has 0 spiro atoms. The third-order valence-corrected chi connectivity index (χ3v) is 10.7. The Balaban J connectivity index is 1.11. The summed E-state index contributed by atoms with van der Waals surface area (Å²) in [4.78, 5) is 14.7. The van der Waals surface area contributed by atoms with Gasteiger partial charge in [0.1, 0.15) is 11.2 Å². The summed E-state index contributed by atoms with van der Waals surface area (Å²) in [6.07, 6.45) is 0. The number of rotatable bonds is 6. The van der Waals surface area contributed by atoms with Gasteiger partial charge in [-0.3, -0.25) is 4.99 Å². The molecule has 0 amide bonds. The van der Waals surface area contributed by atoms with E-state index >= 15 is 0 Å². The molecule has 4 nitrogen and oxygen atoms in total. The fourth-order valence-electron chi connectivity index (χ4n) is 8.00. The van der Waals surface area contributed by atoms with Crippen molar-refractivity contribution in [1.29, 1.82) is 0 Å². The molecule has 0 radical (unpaired) electrons. The van der Waals surface area contributed by atoms with Gasteiger partial charge >= 0.3 is 0 Å². The second kappa shape index (κ2) is 14.1. The average molecular weight is 718 g/mol. The molecule has 9 aromatic carbocycles. The zero-order chi connectivity index (χ0) is 37.4. The van der Waals surface area contributed by atoms with Gasteiger partial charge in [-0.2, -0.15) is 0 Å². The maximum atomic E-state index is 6.75. The van der Waals surface area contributed by atoms with Crippen molar-refractivity contribution >= 4 is 72.6 Å². The van der Waals surface area contributed by atoms with E-state index in [1.54, 1.807) is 0 Å². The van der Waals surface area contributed by atoms with Crippen molar-refractivity contribution in [2.24, 2.45) is 15.0 Å². The van der Waals surface area contributed by atoms with Crippen molar-refractivity contribution in [2.75, 3.05) is 0 Å². The molecule has 10 aromatic rings. The van der Waals surface area contributed by atoms with Gasteiger partial charge in [0.15, 0.2) is 11.7 Å². The molecule has 0 atom stereocenters. The van der Waals surface area contributed by atoms with E-state index < -0.39 is 0 Å². The van der Waals surface area contributed by atoms with E-state index in [9.17, 15) is 0 Å². The molecule has 0 saturated heterocycles. The first-order valence-electron chi connectivity index (χ1n) is 18.8. The molecule has 0 fully saturated rings. The van der Waals surface area contributed by atoms with Gasteiger partial charge in [0, 0.05) is 27.5 Å². The first-order valence-corrected chi connectivity index (χ1v) is 18.8. The van der Waals surface area contributed by atoms with Crippen molar-refractivity contribution < 1.29 is 4.42 Å². The summed E-state index contributed by atoms with van der Waals surface area (Å²) in [7, 11) is 0. The fraction of sp³-hybridized carbons (Fsp3) is 0.0192. The molecular weight excluding hydrogens is 683 g/mol. The first-order chi connectivity index (χ1) is 27.7. The molecule has 1 heterocycles. The van der Waals surface area contributed by atoms with Crippen LogP contribution in [0.3, 0.4) is 0 Å². The maximum Gasteiger partial charge on any atom is 0.161 e. The quantitative estimate of drug-likeness (QED) is 0.0960. The van der Waals surface area contributed by atoms with Crippen LogP contribution >= 0.6 is 0 Å². The molecule has 10 rings (SSSR count). The minimum absolute atomic E-state index is 0.476. The third-order valence-electron chi connectivity index (χ3n) is 10.7. The second-order valence-corrected chi connectivity index (χ2v) is 14.0. The standard InChI is InChI=1S/C52H35N3O/c1-53-52(55-51(54-33-34-14-4-2-5-15-34)37-28-26-36(27-29-37)35-16-6-3-7-17-35)46-24-13-25-48-49(46)45-23-12-22-39(50(45)56-48)38-30-31-44-42-20-9-8-18-40(42)41-19-10-11-21-43(41)47(44)32-38/h2-32H,1,33H2. The molecular formula is C52H35N3O. The molecule has 0 unspecified atom stereocenters. The highest BCUT2D eigenvalue weighted by atomic mass is 16.3. The Bertz CT molecular complexity index is 3120. The Morgan fingerprint density at radius 2 is 1.04 bits per heavy atom. The lowest BCUT2D eigenvalue weighted by atomic mass is 9.91. The van der Waals surface area contributed by atoms with E-state index in [0.717, 1.165) is 60.9 Å². The summed E-state index contributed by atoms with van der Waals surface area (Å²) in [5.41, 5.74) is 8.79. The minimum Gasteiger partial charge on any atom is -0.455 e. The number of benzene rings is 9. The highest BCUT2D eigenvalue weighted by molar-refractivity contribution is 6.26. The van der Waals surface area contributed by atoms with Gasteiger partial charge in [-0.15, -0.1) is 0 Å². The van der Waals surface area contributed by atoms with Gasteiger partial charge in [-0.05, 0) is 73.4 Å². The Morgan fingerprint density at radius 3 is 1.73 bits per heavy atom. The van der Waals surface area contributed by atoms with E-state index in [4.69, 9.17) is 14.4 Å². The maximum absolute atomic E-state index is 6.75. The predicted molar refractivity (Wildman–Crippen MR) is 236 cm³/mol. The second-order valence-electron chi connectivity index (χ2n) is 14.0. The summed E-state index contributed by atoms with van der Waals surface area (Å²) in [6, 6.07) is 65.5. The Kier molecular flexibility index (Phi) is 8.34. The topological polar surface area (TPSA) is 50.2 Å². The molecule has 0 N–H and O–H groups in total. The smallest absolute Gasteiger partial charge is 0.161 e. The molecule has 0 saturated carbocycles. The van der Waals surface area contributed by atoms with Crippen molar-refractivity contribution in [3.05, 3.63) is 205 Å². The lowest BCUT2D eigenvalue weighted by molar-refractivity contribution is 0.670. The number of furan rings is 1. The van der Waals surface area contributed by atoms with Crippen LogP contribution in [0.25, 0.3) is 76.5 Å². The Hall–Kier alpha value is -7.43. The van der Waals surface area contributed by atoms with Gasteiger partial charge in [0.2, 0.25) is 0 Å². The summed E-state index contributed by atoms with van der Waals surface area (Å²) in [5.74, 6) is 1.06. The summed E-state index contributed by atoms with van der Waals surface area (Å²) in [5, 5.41) is 9.39. The Labute approximate surface area is 324 Å². The van der Waals surface area contributed by atoms with Crippen LogP contribution < -0.4 is 0 Å². The minimum atomic E-state index is 0.476. The lowest BCUT2D eigenvalue weighted by Crippen LogP contribution is -2.06. The summed E-state index contributed by atoms with van der Waals surface area (Å²) < 4.78 is 6.75. The van der Waals surface area contributed by atoms with Crippen LogP contribution in [0, 0.1) is 0 Å². The van der Waals surface area contributed by atoms with Crippen LogP contribution in [0.4, 0.5) is 0 Å². The number of hydrogen-bond donors (Lipinski definition) is 0. The van der Waals surface area contributed by atoms with E-state index in [0.29, 0.717) is 18.2 Å². The number of amidine groups is 2. The monoisotopic (exact) mass is 717 g/mol. The molecule has 0 bridgehead atoms. The average Bonchev–Trinajstić information content (AvgIpc) is 3.67. The largest absolute Gasteiger partial charge is 0.455 e. The lowest BCUT2D eigenvalue weighted by Gasteiger charge is -2.12. The van der Waals surface area contributed by atoms with Gasteiger partial charge < -0.3 is 4.42 Å². The van der Waals surface area contributed by atoms with E-state index in [1.807, 2.05) is 42.5 Å². The molecule has 264 valence electrons. The first kappa shape index (κ1) is 33.2. The zero-order valence-corrected chi connectivity index (χ0v) is 30.6. The van der Waals surface area contributed by atoms with Gasteiger partial charge in [-0.25, -0.2) is 9.98 Å². The number of fused-ring (bicyclic) bond motifs is 9. The van der Waals surface area contributed by atoms with Gasteiger partial charge in [0.25, 0.3) is 0 Å². The van der Waals surface area contributed by atoms with Crippen LogP contribution in [0.5, 0.6) is 0 Å². The highest BCUT2D eigenvalue weighted by Gasteiger charge is 2.19. The van der Waals surface area contributed by atoms with Crippen molar-refractivity contribution in [3.63, 3.8) is 0 Å². The normalized spacial score (nSPS) is 12.3. The van der Waals surface area contributed by atoms with Crippen LogP contribution in [0.1, 0.15) is 16.7 Å². The van der Waals surface area contributed by atoms with Crippen LogP contribution in [-0.4, -0.2) is 18.4 Å². The molecule has 0 aliphatic heterocycles. The van der Waals surface area contributed by atoms with E-state index in [1.165, 1.54) is 32.3 Å². The van der Waals surface area contributed by atoms with E-state index in [2.05, 4.69) is 157 Å². The fourth-order valence-corrected chi connectivity index (χ4v) is 8.00. The summed E-state index contributed by atoms with van der Waals surface area (Å²) in [6.45, 7) is 4.48. The van der Waals surface area contributed by atoms with Gasteiger partial charge in [0.05, 0.1) is 6.54 Å². The number of hydrogen-bond acceptors (Lipinski definition) is 2. The van der Waals surface area contributed by atoms with Gasteiger partial charge in [-0.1, -0.05) is 176 Å². The number of aliphatic imine (C=N–C) groups is 3. The number of nitrogens with zero attached hydrogens (tertiary/aromatic N) is 3. The Morgan fingerprint density at radius 1 is 0.464 bits per heavy atom. The van der Waals surface area contributed by atoms with Crippen molar-refractivity contribution in [3.8, 4) is 22.3 Å². The molecule has 1 aromatic heterocycles. The molecule has 0 aliphatic carbocycles.